The third-order valence-electron chi connectivity index (χ3n) is 3.16. The molecule has 0 aliphatic carbocycles. The van der Waals surface area contributed by atoms with Crippen molar-refractivity contribution in [2.45, 2.75) is 65.4 Å². The van der Waals surface area contributed by atoms with Crippen LogP contribution < -0.4 is 0 Å². The Kier molecular flexibility index (Phi) is 4.80. The summed E-state index contributed by atoms with van der Waals surface area (Å²) < 4.78 is 27.4. The first-order valence-corrected chi connectivity index (χ1v) is 8.14. The minimum absolute atomic E-state index is 0.0508. The molecule has 108 valence electrons. The Labute approximate surface area is 117 Å². The molecule has 0 atom stereocenters. The lowest BCUT2D eigenvalue weighted by atomic mass is 10.1. The van der Waals surface area contributed by atoms with Gasteiger partial charge in [-0.15, -0.1) is 0 Å². The first-order chi connectivity index (χ1) is 8.59. The van der Waals surface area contributed by atoms with Crippen molar-refractivity contribution in [3.05, 3.63) is 28.8 Å². The molecular weight excluding hydrogens is 258 g/mol. The van der Waals surface area contributed by atoms with E-state index in [-0.39, 0.29) is 12.1 Å². The SMILES string of the molecule is Cc1cc(C)c(S(=O)(=O)N(C(C)C)C(C)C)c(C)c1. The van der Waals surface area contributed by atoms with Gasteiger partial charge in [0.25, 0.3) is 0 Å². The minimum atomic E-state index is -3.44. The standard InChI is InChI=1S/C15H25NO2S/c1-10(2)16(11(3)4)19(17,18)15-13(6)8-12(5)9-14(15)7/h8-11H,1-7H3. The Morgan fingerprint density at radius 3 is 1.58 bits per heavy atom. The maximum atomic E-state index is 12.9. The maximum absolute atomic E-state index is 12.9. The Bertz CT molecular complexity index is 529. The molecule has 4 heteroatoms. The van der Waals surface area contributed by atoms with E-state index in [1.54, 1.807) is 4.31 Å². The quantitative estimate of drug-likeness (QED) is 0.849. The summed E-state index contributed by atoms with van der Waals surface area (Å²) >= 11 is 0. The van der Waals surface area contributed by atoms with Gasteiger partial charge in [-0.2, -0.15) is 4.31 Å². The van der Waals surface area contributed by atoms with Crippen molar-refractivity contribution in [2.24, 2.45) is 0 Å². The van der Waals surface area contributed by atoms with Gasteiger partial charge in [0.15, 0.2) is 0 Å². The Morgan fingerprint density at radius 2 is 1.26 bits per heavy atom. The lowest BCUT2D eigenvalue weighted by Gasteiger charge is -2.30. The van der Waals surface area contributed by atoms with E-state index < -0.39 is 10.0 Å². The van der Waals surface area contributed by atoms with Crippen LogP contribution in [0.25, 0.3) is 0 Å². The highest BCUT2D eigenvalue weighted by molar-refractivity contribution is 7.89. The monoisotopic (exact) mass is 283 g/mol. The number of rotatable bonds is 4. The van der Waals surface area contributed by atoms with Crippen molar-refractivity contribution in [1.82, 2.24) is 4.31 Å². The molecule has 0 unspecified atom stereocenters. The van der Waals surface area contributed by atoms with E-state index in [1.165, 1.54) is 0 Å². The highest BCUT2D eigenvalue weighted by atomic mass is 32.2. The second-order valence-electron chi connectivity index (χ2n) is 5.75. The third kappa shape index (κ3) is 3.18. The summed E-state index contributed by atoms with van der Waals surface area (Å²) in [5.74, 6) is 0. The van der Waals surface area contributed by atoms with Crippen LogP contribution in [-0.4, -0.2) is 24.8 Å². The summed E-state index contributed by atoms with van der Waals surface area (Å²) in [5.41, 5.74) is 2.74. The molecule has 0 aliphatic heterocycles. The van der Waals surface area contributed by atoms with Gasteiger partial charge in [-0.25, -0.2) is 8.42 Å². The molecule has 0 fully saturated rings. The third-order valence-corrected chi connectivity index (χ3v) is 5.72. The van der Waals surface area contributed by atoms with Gasteiger partial charge in [-0.05, 0) is 59.6 Å². The van der Waals surface area contributed by atoms with E-state index >= 15 is 0 Å². The van der Waals surface area contributed by atoms with Crippen LogP contribution in [0.3, 0.4) is 0 Å². The summed E-state index contributed by atoms with van der Waals surface area (Å²) in [5, 5.41) is 0. The molecule has 0 N–H and O–H groups in total. The van der Waals surface area contributed by atoms with E-state index in [2.05, 4.69) is 0 Å². The molecule has 0 radical (unpaired) electrons. The van der Waals surface area contributed by atoms with Crippen LogP contribution in [0.1, 0.15) is 44.4 Å². The molecule has 1 aromatic rings. The number of nitrogens with zero attached hydrogens (tertiary/aromatic N) is 1. The average molecular weight is 283 g/mol. The summed E-state index contributed by atoms with van der Waals surface area (Å²) in [4.78, 5) is 0.459. The number of benzene rings is 1. The maximum Gasteiger partial charge on any atom is 0.244 e. The van der Waals surface area contributed by atoms with Crippen molar-refractivity contribution in [3.8, 4) is 0 Å². The molecule has 0 spiro atoms. The van der Waals surface area contributed by atoms with Crippen LogP contribution in [0, 0.1) is 20.8 Å². The highest BCUT2D eigenvalue weighted by Crippen LogP contribution is 2.27. The number of sulfonamides is 1. The van der Waals surface area contributed by atoms with Gasteiger partial charge >= 0.3 is 0 Å². The predicted molar refractivity (Wildman–Crippen MR) is 79.9 cm³/mol. The van der Waals surface area contributed by atoms with Gasteiger partial charge < -0.3 is 0 Å². The van der Waals surface area contributed by atoms with Crippen molar-refractivity contribution in [1.29, 1.82) is 0 Å². The summed E-state index contributed by atoms with van der Waals surface area (Å²) in [6, 6.07) is 3.76. The molecular formula is C15H25NO2S. The van der Waals surface area contributed by atoms with Crippen LogP contribution in [-0.2, 0) is 10.0 Å². The van der Waals surface area contributed by atoms with Crippen LogP contribution in [0.4, 0.5) is 0 Å². The fourth-order valence-corrected chi connectivity index (χ4v) is 5.08. The smallest absolute Gasteiger partial charge is 0.207 e. The lowest BCUT2D eigenvalue weighted by Crippen LogP contribution is -2.42. The summed E-state index contributed by atoms with van der Waals surface area (Å²) in [6.45, 7) is 13.4. The van der Waals surface area contributed by atoms with Crippen LogP contribution in [0.5, 0.6) is 0 Å². The van der Waals surface area contributed by atoms with E-state index in [4.69, 9.17) is 0 Å². The number of hydrogen-bond donors (Lipinski definition) is 0. The van der Waals surface area contributed by atoms with Crippen molar-refractivity contribution in [3.63, 3.8) is 0 Å². The van der Waals surface area contributed by atoms with E-state index in [1.807, 2.05) is 60.6 Å². The van der Waals surface area contributed by atoms with Crippen LogP contribution in [0.15, 0.2) is 17.0 Å². The van der Waals surface area contributed by atoms with Gasteiger partial charge in [0.05, 0.1) is 4.90 Å². The average Bonchev–Trinajstić information content (AvgIpc) is 2.11. The molecule has 0 saturated heterocycles. The zero-order chi connectivity index (χ0) is 15.0. The van der Waals surface area contributed by atoms with Gasteiger partial charge in [0, 0.05) is 12.1 Å². The van der Waals surface area contributed by atoms with Gasteiger partial charge in [-0.3, -0.25) is 0 Å². The van der Waals surface area contributed by atoms with Crippen molar-refractivity contribution in [2.75, 3.05) is 0 Å². The fourth-order valence-electron chi connectivity index (χ4n) is 2.83. The Hall–Kier alpha value is -0.870. The van der Waals surface area contributed by atoms with E-state index in [0.29, 0.717) is 4.90 Å². The van der Waals surface area contributed by atoms with Gasteiger partial charge in [0.2, 0.25) is 10.0 Å². The minimum Gasteiger partial charge on any atom is -0.207 e. The first-order valence-electron chi connectivity index (χ1n) is 6.70. The molecule has 0 aliphatic rings. The topological polar surface area (TPSA) is 37.4 Å². The van der Waals surface area contributed by atoms with Crippen LogP contribution in [0.2, 0.25) is 0 Å². The van der Waals surface area contributed by atoms with E-state index in [0.717, 1.165) is 16.7 Å². The molecule has 0 aromatic heterocycles. The normalized spacial score (nSPS) is 12.7. The Balaban J connectivity index is 3.51. The summed E-state index contributed by atoms with van der Waals surface area (Å²) in [7, 11) is -3.44. The second-order valence-corrected chi connectivity index (χ2v) is 7.53. The molecule has 3 nitrogen and oxygen atoms in total. The predicted octanol–water partition coefficient (Wildman–Crippen LogP) is 3.42. The van der Waals surface area contributed by atoms with E-state index in [9.17, 15) is 8.42 Å². The zero-order valence-electron chi connectivity index (χ0n) is 13.0. The zero-order valence-corrected chi connectivity index (χ0v) is 13.8. The molecule has 1 aromatic carbocycles. The Morgan fingerprint density at radius 1 is 0.895 bits per heavy atom. The molecule has 0 bridgehead atoms. The molecule has 0 saturated carbocycles. The van der Waals surface area contributed by atoms with Gasteiger partial charge in [0.1, 0.15) is 0 Å². The second kappa shape index (κ2) is 5.63. The highest BCUT2D eigenvalue weighted by Gasteiger charge is 2.31. The molecule has 19 heavy (non-hydrogen) atoms. The lowest BCUT2D eigenvalue weighted by molar-refractivity contribution is 0.302. The fraction of sp³-hybridized carbons (Fsp3) is 0.600. The first kappa shape index (κ1) is 16.2. The largest absolute Gasteiger partial charge is 0.244 e. The van der Waals surface area contributed by atoms with Crippen molar-refractivity contribution < 1.29 is 8.42 Å². The number of hydrogen-bond acceptors (Lipinski definition) is 2. The molecule has 0 amide bonds. The van der Waals surface area contributed by atoms with Gasteiger partial charge in [-0.1, -0.05) is 17.7 Å². The van der Waals surface area contributed by atoms with Crippen LogP contribution >= 0.6 is 0 Å². The molecule has 0 heterocycles. The molecule has 1 rings (SSSR count). The summed E-state index contributed by atoms with van der Waals surface area (Å²) in [6.07, 6.45) is 0. The van der Waals surface area contributed by atoms with Crippen molar-refractivity contribution >= 4 is 10.0 Å². The number of aryl methyl sites for hydroxylation is 3.